The lowest BCUT2D eigenvalue weighted by molar-refractivity contribution is -0.131. The van der Waals surface area contributed by atoms with E-state index in [1.807, 2.05) is 19.9 Å². The maximum absolute atomic E-state index is 10.5. The van der Waals surface area contributed by atoms with Gasteiger partial charge in [-0.25, -0.2) is 4.79 Å². The van der Waals surface area contributed by atoms with Gasteiger partial charge < -0.3 is 14.9 Å². The largest absolute Gasteiger partial charge is 0.507 e. The summed E-state index contributed by atoms with van der Waals surface area (Å²) in [7, 11) is 1.54. The molecule has 0 saturated heterocycles. The van der Waals surface area contributed by atoms with Crippen LogP contribution in [-0.2, 0) is 11.2 Å². The zero-order valence-electron chi connectivity index (χ0n) is 11.3. The fourth-order valence-electron chi connectivity index (χ4n) is 1.63. The van der Waals surface area contributed by atoms with E-state index in [0.717, 1.165) is 11.6 Å². The molecule has 0 fully saturated rings. The minimum absolute atomic E-state index is 0.0503. The van der Waals surface area contributed by atoms with Crippen molar-refractivity contribution in [2.45, 2.75) is 20.3 Å². The molecule has 1 aromatic carbocycles. The van der Waals surface area contributed by atoms with E-state index in [9.17, 15) is 9.90 Å². The molecule has 2 N–H and O–H groups in total. The summed E-state index contributed by atoms with van der Waals surface area (Å²) >= 11 is 0. The van der Waals surface area contributed by atoms with Crippen LogP contribution < -0.4 is 4.74 Å². The maximum atomic E-state index is 10.5. The SMILES string of the molecule is COc1ccc(/C=C/C(=O)O)c(O)c1CC=C(C)C. The number of hydrogen-bond donors (Lipinski definition) is 2. The molecule has 4 heteroatoms. The minimum atomic E-state index is -1.05. The summed E-state index contributed by atoms with van der Waals surface area (Å²) in [6, 6.07) is 3.34. The number of carbonyl (C=O) groups is 1. The number of carboxylic acid groups (broad SMARTS) is 1. The van der Waals surface area contributed by atoms with Crippen molar-refractivity contribution in [3.05, 3.63) is 41.0 Å². The Morgan fingerprint density at radius 2 is 2.05 bits per heavy atom. The molecule has 0 aromatic heterocycles. The molecule has 0 heterocycles. The van der Waals surface area contributed by atoms with Gasteiger partial charge in [-0.3, -0.25) is 0 Å². The molecular formula is C15H18O4. The number of phenols is 1. The third-order valence-corrected chi connectivity index (χ3v) is 2.61. The molecule has 0 aliphatic carbocycles. The second kappa shape index (κ2) is 6.64. The highest BCUT2D eigenvalue weighted by molar-refractivity contribution is 5.86. The van der Waals surface area contributed by atoms with Crippen molar-refractivity contribution in [2.75, 3.05) is 7.11 Å². The van der Waals surface area contributed by atoms with Crippen molar-refractivity contribution in [3.63, 3.8) is 0 Å². The topological polar surface area (TPSA) is 66.8 Å². The Morgan fingerprint density at radius 3 is 2.58 bits per heavy atom. The van der Waals surface area contributed by atoms with Crippen molar-refractivity contribution >= 4 is 12.0 Å². The molecule has 0 aliphatic rings. The molecule has 0 aliphatic heterocycles. The Morgan fingerprint density at radius 1 is 1.37 bits per heavy atom. The smallest absolute Gasteiger partial charge is 0.328 e. The van der Waals surface area contributed by atoms with Crippen LogP contribution in [0, 0.1) is 0 Å². The van der Waals surface area contributed by atoms with Gasteiger partial charge in [0.25, 0.3) is 0 Å². The van der Waals surface area contributed by atoms with Crippen molar-refractivity contribution in [3.8, 4) is 11.5 Å². The van der Waals surface area contributed by atoms with Crippen LogP contribution in [0.3, 0.4) is 0 Å². The molecular weight excluding hydrogens is 244 g/mol. The minimum Gasteiger partial charge on any atom is -0.507 e. The quantitative estimate of drug-likeness (QED) is 0.632. The number of aliphatic carboxylic acids is 1. The summed E-state index contributed by atoms with van der Waals surface area (Å²) < 4.78 is 5.21. The number of benzene rings is 1. The van der Waals surface area contributed by atoms with Crippen LogP contribution in [0.25, 0.3) is 6.08 Å². The number of allylic oxidation sites excluding steroid dienone is 2. The van der Waals surface area contributed by atoms with E-state index in [1.165, 1.54) is 13.2 Å². The predicted octanol–water partition coefficient (Wildman–Crippen LogP) is 3.01. The molecule has 102 valence electrons. The molecule has 0 amide bonds. The fourth-order valence-corrected chi connectivity index (χ4v) is 1.63. The zero-order valence-corrected chi connectivity index (χ0v) is 11.3. The summed E-state index contributed by atoms with van der Waals surface area (Å²) in [5.41, 5.74) is 2.24. The van der Waals surface area contributed by atoms with Gasteiger partial charge >= 0.3 is 5.97 Å². The van der Waals surface area contributed by atoms with Gasteiger partial charge in [-0.05, 0) is 38.5 Å². The van der Waals surface area contributed by atoms with Crippen LogP contribution in [0.5, 0.6) is 11.5 Å². The number of phenolic OH excluding ortho intramolecular Hbond substituents is 1. The first kappa shape index (κ1) is 14.8. The zero-order chi connectivity index (χ0) is 14.4. The highest BCUT2D eigenvalue weighted by Crippen LogP contribution is 2.33. The van der Waals surface area contributed by atoms with Crippen molar-refractivity contribution in [2.24, 2.45) is 0 Å². The maximum Gasteiger partial charge on any atom is 0.328 e. The Hall–Kier alpha value is -2.23. The van der Waals surface area contributed by atoms with Gasteiger partial charge in [0.2, 0.25) is 0 Å². The van der Waals surface area contributed by atoms with E-state index in [0.29, 0.717) is 23.3 Å². The van der Waals surface area contributed by atoms with Gasteiger partial charge in [0.05, 0.1) is 7.11 Å². The average Bonchev–Trinajstić information content (AvgIpc) is 2.35. The number of ether oxygens (including phenoxy) is 1. The molecule has 4 nitrogen and oxygen atoms in total. The first-order valence-corrected chi connectivity index (χ1v) is 5.89. The number of methoxy groups -OCH3 is 1. The summed E-state index contributed by atoms with van der Waals surface area (Å²) in [5, 5.41) is 18.8. The van der Waals surface area contributed by atoms with Crippen LogP contribution in [0.4, 0.5) is 0 Å². The summed E-state index contributed by atoms with van der Waals surface area (Å²) in [4.78, 5) is 10.5. The van der Waals surface area contributed by atoms with Crippen LogP contribution in [0.2, 0.25) is 0 Å². The van der Waals surface area contributed by atoms with Crippen molar-refractivity contribution in [1.82, 2.24) is 0 Å². The van der Waals surface area contributed by atoms with Gasteiger partial charge in [-0.2, -0.15) is 0 Å². The van der Waals surface area contributed by atoms with Gasteiger partial charge in [-0.15, -0.1) is 0 Å². The molecule has 0 radical (unpaired) electrons. The highest BCUT2D eigenvalue weighted by atomic mass is 16.5. The molecule has 0 spiro atoms. The monoisotopic (exact) mass is 262 g/mol. The van der Waals surface area contributed by atoms with Gasteiger partial charge in [0.15, 0.2) is 0 Å². The van der Waals surface area contributed by atoms with Gasteiger partial charge in [0, 0.05) is 17.2 Å². The van der Waals surface area contributed by atoms with E-state index >= 15 is 0 Å². The molecule has 19 heavy (non-hydrogen) atoms. The summed E-state index contributed by atoms with van der Waals surface area (Å²) in [6.07, 6.45) is 4.86. The number of rotatable bonds is 5. The molecule has 0 bridgehead atoms. The standard InChI is InChI=1S/C15H18O4/c1-10(2)4-7-12-13(19-3)8-5-11(15(12)18)6-9-14(16)17/h4-6,8-9,18H,7H2,1-3H3,(H,16,17)/b9-6+. The van der Waals surface area contributed by atoms with Crippen molar-refractivity contribution in [1.29, 1.82) is 0 Å². The normalized spacial score (nSPS) is 10.5. The molecule has 0 saturated carbocycles. The fraction of sp³-hybridized carbons (Fsp3) is 0.267. The number of hydrogen-bond acceptors (Lipinski definition) is 3. The first-order chi connectivity index (χ1) is 8.95. The van der Waals surface area contributed by atoms with E-state index < -0.39 is 5.97 Å². The average molecular weight is 262 g/mol. The number of carboxylic acids is 1. The summed E-state index contributed by atoms with van der Waals surface area (Å²) in [5.74, 6) is -0.419. The first-order valence-electron chi connectivity index (χ1n) is 5.89. The molecule has 0 unspecified atom stereocenters. The Bertz CT molecular complexity index is 523. The third-order valence-electron chi connectivity index (χ3n) is 2.61. The van der Waals surface area contributed by atoms with E-state index in [-0.39, 0.29) is 5.75 Å². The Kier molecular flexibility index (Phi) is 5.18. The number of aromatic hydroxyl groups is 1. The van der Waals surface area contributed by atoms with Crippen molar-refractivity contribution < 1.29 is 19.7 Å². The third kappa shape index (κ3) is 4.17. The van der Waals surface area contributed by atoms with E-state index in [4.69, 9.17) is 9.84 Å². The van der Waals surface area contributed by atoms with Crippen LogP contribution in [-0.4, -0.2) is 23.3 Å². The second-order valence-electron chi connectivity index (χ2n) is 4.34. The van der Waals surface area contributed by atoms with E-state index in [2.05, 4.69) is 0 Å². The molecule has 1 aromatic rings. The highest BCUT2D eigenvalue weighted by Gasteiger charge is 2.11. The van der Waals surface area contributed by atoms with Crippen LogP contribution in [0.1, 0.15) is 25.0 Å². The van der Waals surface area contributed by atoms with Crippen LogP contribution in [0.15, 0.2) is 29.9 Å². The second-order valence-corrected chi connectivity index (χ2v) is 4.34. The van der Waals surface area contributed by atoms with Gasteiger partial charge in [-0.1, -0.05) is 11.6 Å². The lowest BCUT2D eigenvalue weighted by Gasteiger charge is -2.11. The van der Waals surface area contributed by atoms with E-state index in [1.54, 1.807) is 12.1 Å². The lowest BCUT2D eigenvalue weighted by Crippen LogP contribution is -1.94. The predicted molar refractivity (Wildman–Crippen MR) is 74.5 cm³/mol. The molecule has 0 atom stereocenters. The Balaban J connectivity index is 3.21. The Labute approximate surface area is 112 Å². The molecule has 1 rings (SSSR count). The van der Waals surface area contributed by atoms with Crippen LogP contribution >= 0.6 is 0 Å². The lowest BCUT2D eigenvalue weighted by atomic mass is 10.0. The summed E-state index contributed by atoms with van der Waals surface area (Å²) in [6.45, 7) is 3.94. The van der Waals surface area contributed by atoms with Gasteiger partial charge in [0.1, 0.15) is 11.5 Å².